The van der Waals surface area contributed by atoms with Crippen molar-refractivity contribution in [2.45, 2.75) is 38.3 Å². The molecule has 1 aromatic heterocycles. The molecule has 29 heavy (non-hydrogen) atoms. The molecule has 1 N–H and O–H groups in total. The zero-order valence-electron chi connectivity index (χ0n) is 16.7. The maximum Gasteiger partial charge on any atom is 0.287 e. The number of benzene rings is 2. The number of amides is 1. The van der Waals surface area contributed by atoms with Crippen molar-refractivity contribution in [2.24, 2.45) is 0 Å². The number of hydrogen-bond acceptors (Lipinski definition) is 4. The topological polar surface area (TPSA) is 79.6 Å². The Labute approximate surface area is 179 Å². The average molecular weight is 479 g/mol. The fourth-order valence-electron chi connectivity index (χ4n) is 2.90. The van der Waals surface area contributed by atoms with E-state index in [1.165, 1.54) is 4.31 Å². The summed E-state index contributed by atoms with van der Waals surface area (Å²) in [4.78, 5) is 12.8. The molecule has 1 heterocycles. The first kappa shape index (κ1) is 21.5. The first-order chi connectivity index (χ1) is 13.6. The highest BCUT2D eigenvalue weighted by atomic mass is 79.9. The fourth-order valence-corrected chi connectivity index (χ4v) is 4.62. The minimum Gasteiger partial charge on any atom is -0.451 e. The Morgan fingerprint density at radius 2 is 1.83 bits per heavy atom. The van der Waals surface area contributed by atoms with Gasteiger partial charge in [0.15, 0.2) is 5.76 Å². The number of carbonyl (C=O) groups is 1. The van der Waals surface area contributed by atoms with Gasteiger partial charge >= 0.3 is 0 Å². The van der Waals surface area contributed by atoms with E-state index in [0.717, 1.165) is 21.0 Å². The number of furan rings is 1. The molecule has 0 unspecified atom stereocenters. The van der Waals surface area contributed by atoms with Gasteiger partial charge < -0.3 is 9.73 Å². The lowest BCUT2D eigenvalue weighted by molar-refractivity contribution is 0.0924. The van der Waals surface area contributed by atoms with Gasteiger partial charge in [-0.2, -0.15) is 4.31 Å². The Kier molecular flexibility index (Phi) is 6.16. The van der Waals surface area contributed by atoms with E-state index in [0.29, 0.717) is 5.58 Å². The van der Waals surface area contributed by atoms with Crippen molar-refractivity contribution in [3.63, 3.8) is 0 Å². The monoisotopic (exact) mass is 478 g/mol. The number of halogens is 1. The molecule has 8 heteroatoms. The largest absolute Gasteiger partial charge is 0.451 e. The van der Waals surface area contributed by atoms with Gasteiger partial charge in [0.1, 0.15) is 5.58 Å². The zero-order chi connectivity index (χ0) is 21.3. The third-order valence-electron chi connectivity index (χ3n) is 4.89. The van der Waals surface area contributed by atoms with Crippen molar-refractivity contribution in [3.05, 3.63) is 63.8 Å². The third kappa shape index (κ3) is 4.39. The number of fused-ring (bicyclic) bond motifs is 1. The molecule has 0 spiro atoms. The number of sulfonamides is 1. The Morgan fingerprint density at radius 3 is 2.45 bits per heavy atom. The molecular weight excluding hydrogens is 456 g/mol. The number of nitrogens with one attached hydrogen (secondary N) is 1. The van der Waals surface area contributed by atoms with Crippen LogP contribution in [0.4, 0.5) is 0 Å². The van der Waals surface area contributed by atoms with E-state index in [-0.39, 0.29) is 29.1 Å². The highest BCUT2D eigenvalue weighted by Crippen LogP contribution is 2.28. The molecular formula is C21H23BrN2O4S. The summed E-state index contributed by atoms with van der Waals surface area (Å²) in [5, 5.41) is 3.71. The van der Waals surface area contributed by atoms with Gasteiger partial charge in [0.25, 0.3) is 5.91 Å². The normalized spacial score (nSPS) is 12.1. The third-order valence-corrected chi connectivity index (χ3v) is 7.43. The number of rotatable bonds is 6. The summed E-state index contributed by atoms with van der Waals surface area (Å²) in [6.07, 6.45) is 0. The molecule has 0 aliphatic rings. The summed E-state index contributed by atoms with van der Waals surface area (Å²) in [6.45, 7) is 5.75. The second kappa shape index (κ2) is 8.30. The van der Waals surface area contributed by atoms with Gasteiger partial charge in [0.05, 0.1) is 4.90 Å². The van der Waals surface area contributed by atoms with E-state index in [1.54, 1.807) is 31.3 Å². The smallest absolute Gasteiger partial charge is 0.287 e. The quantitative estimate of drug-likeness (QED) is 0.566. The van der Waals surface area contributed by atoms with E-state index in [4.69, 9.17) is 4.42 Å². The molecule has 0 saturated heterocycles. The van der Waals surface area contributed by atoms with Crippen LogP contribution in [0.1, 0.15) is 35.5 Å². The minimum atomic E-state index is -3.53. The molecule has 154 valence electrons. The molecule has 1 amide bonds. The van der Waals surface area contributed by atoms with Crippen LogP contribution in [0.15, 0.2) is 56.2 Å². The fraction of sp³-hybridized carbons (Fsp3) is 0.286. The first-order valence-electron chi connectivity index (χ1n) is 9.15. The Balaban J connectivity index is 1.72. The summed E-state index contributed by atoms with van der Waals surface area (Å²) in [5.41, 5.74) is 2.22. The van der Waals surface area contributed by atoms with Crippen molar-refractivity contribution < 1.29 is 17.6 Å². The minimum absolute atomic E-state index is 0.133. The summed E-state index contributed by atoms with van der Waals surface area (Å²) >= 11 is 3.42. The van der Waals surface area contributed by atoms with Crippen molar-refractivity contribution in [1.82, 2.24) is 9.62 Å². The van der Waals surface area contributed by atoms with E-state index in [9.17, 15) is 13.2 Å². The summed E-state index contributed by atoms with van der Waals surface area (Å²) in [6, 6.07) is 12.0. The van der Waals surface area contributed by atoms with Crippen LogP contribution in [0.2, 0.25) is 0 Å². The Bertz CT molecular complexity index is 1150. The first-order valence-corrected chi connectivity index (χ1v) is 11.4. The molecule has 0 aliphatic heterocycles. The molecule has 0 radical (unpaired) electrons. The van der Waals surface area contributed by atoms with Crippen LogP contribution < -0.4 is 5.32 Å². The molecule has 0 fully saturated rings. The zero-order valence-corrected chi connectivity index (χ0v) is 19.1. The van der Waals surface area contributed by atoms with Gasteiger partial charge in [-0.1, -0.05) is 28.1 Å². The standard InChI is InChI=1S/C21H23BrN2O4S/c1-13(2)24(4)29(26,27)17-8-5-15(6-9-17)12-23-21(25)20-14(3)18-11-16(22)7-10-19(18)28-20/h5-11,13H,12H2,1-4H3,(H,23,25). The van der Waals surface area contributed by atoms with Gasteiger partial charge in [0, 0.05) is 35.1 Å². The van der Waals surface area contributed by atoms with Crippen molar-refractivity contribution in [3.8, 4) is 0 Å². The van der Waals surface area contributed by atoms with Crippen molar-refractivity contribution in [1.29, 1.82) is 0 Å². The molecule has 3 rings (SSSR count). The number of nitrogens with zero attached hydrogens (tertiary/aromatic N) is 1. The van der Waals surface area contributed by atoms with Crippen molar-refractivity contribution >= 4 is 42.8 Å². The highest BCUT2D eigenvalue weighted by Gasteiger charge is 2.23. The number of carbonyl (C=O) groups excluding carboxylic acids is 1. The number of hydrogen-bond donors (Lipinski definition) is 1. The molecule has 2 aromatic carbocycles. The second-order valence-electron chi connectivity index (χ2n) is 7.14. The lowest BCUT2D eigenvalue weighted by atomic mass is 10.1. The number of aryl methyl sites for hydroxylation is 1. The second-order valence-corrected chi connectivity index (χ2v) is 10.1. The van der Waals surface area contributed by atoms with Crippen LogP contribution in [0.25, 0.3) is 11.0 Å². The predicted molar refractivity (Wildman–Crippen MR) is 116 cm³/mol. The summed E-state index contributed by atoms with van der Waals surface area (Å²) in [7, 11) is -1.97. The van der Waals surface area contributed by atoms with E-state index in [1.807, 2.05) is 39.0 Å². The van der Waals surface area contributed by atoms with Crippen LogP contribution in [-0.4, -0.2) is 31.7 Å². The lowest BCUT2D eigenvalue weighted by Gasteiger charge is -2.21. The average Bonchev–Trinajstić information content (AvgIpc) is 3.02. The molecule has 6 nitrogen and oxygen atoms in total. The van der Waals surface area contributed by atoms with Crippen LogP contribution >= 0.6 is 15.9 Å². The van der Waals surface area contributed by atoms with Crippen LogP contribution in [-0.2, 0) is 16.6 Å². The SMILES string of the molecule is Cc1c(C(=O)NCc2ccc(S(=O)(=O)N(C)C(C)C)cc2)oc2ccc(Br)cc12. The van der Waals surface area contributed by atoms with Gasteiger partial charge in [-0.05, 0) is 56.7 Å². The Hall–Kier alpha value is -2.16. The predicted octanol–water partition coefficient (Wildman–Crippen LogP) is 4.46. The van der Waals surface area contributed by atoms with Gasteiger partial charge in [-0.3, -0.25) is 4.79 Å². The van der Waals surface area contributed by atoms with Crippen LogP contribution in [0.5, 0.6) is 0 Å². The van der Waals surface area contributed by atoms with Gasteiger partial charge in [-0.25, -0.2) is 8.42 Å². The molecule has 0 atom stereocenters. The van der Waals surface area contributed by atoms with Crippen LogP contribution in [0, 0.1) is 6.92 Å². The van der Waals surface area contributed by atoms with Gasteiger partial charge in [-0.15, -0.1) is 0 Å². The maximum atomic E-state index is 12.6. The van der Waals surface area contributed by atoms with E-state index in [2.05, 4.69) is 21.2 Å². The van der Waals surface area contributed by atoms with Gasteiger partial charge in [0.2, 0.25) is 10.0 Å². The molecule has 0 saturated carbocycles. The molecule has 3 aromatic rings. The summed E-state index contributed by atoms with van der Waals surface area (Å²) < 4.78 is 33.0. The van der Waals surface area contributed by atoms with E-state index >= 15 is 0 Å². The van der Waals surface area contributed by atoms with E-state index < -0.39 is 10.0 Å². The molecule has 0 aliphatic carbocycles. The van der Waals surface area contributed by atoms with Crippen molar-refractivity contribution in [2.75, 3.05) is 7.05 Å². The maximum absolute atomic E-state index is 12.6. The molecule has 0 bridgehead atoms. The van der Waals surface area contributed by atoms with Crippen LogP contribution in [0.3, 0.4) is 0 Å². The highest BCUT2D eigenvalue weighted by molar-refractivity contribution is 9.10. The Morgan fingerprint density at radius 1 is 1.17 bits per heavy atom. The summed E-state index contributed by atoms with van der Waals surface area (Å²) in [5.74, 6) is -0.0399. The lowest BCUT2D eigenvalue weighted by Crippen LogP contribution is -2.33.